The molecular weight excluding hydrogens is 390 g/mol. The molecule has 4 rings (SSSR count). The van der Waals surface area contributed by atoms with Crippen molar-refractivity contribution in [3.8, 4) is 5.75 Å². The summed E-state index contributed by atoms with van der Waals surface area (Å²) in [6.45, 7) is 5.49. The zero-order chi connectivity index (χ0) is 21.8. The molecular formula is C24H31N5O2. The molecule has 0 aliphatic carbocycles. The second-order valence-electron chi connectivity index (χ2n) is 8.10. The van der Waals surface area contributed by atoms with Crippen molar-refractivity contribution in [2.24, 2.45) is 0 Å². The van der Waals surface area contributed by atoms with Gasteiger partial charge in [-0.05, 0) is 75.8 Å². The van der Waals surface area contributed by atoms with E-state index in [-0.39, 0.29) is 11.6 Å². The minimum absolute atomic E-state index is 0.0362. The summed E-state index contributed by atoms with van der Waals surface area (Å²) in [6, 6.07) is 12.3. The lowest BCUT2D eigenvalue weighted by molar-refractivity contribution is 0.359. The average molecular weight is 422 g/mol. The number of piperidine rings is 1. The third-order valence-corrected chi connectivity index (χ3v) is 5.95. The van der Waals surface area contributed by atoms with Crippen LogP contribution in [-0.2, 0) is 0 Å². The molecule has 1 saturated heterocycles. The standard InChI is InChI=1S/C24H31N5O2/c1-17-12-20(14-21(13-17)31-3)28(11-10-25-2)19-4-5-23-22(15-19)24(30)29(16-27-23)18-6-8-26-9-7-18/h4-5,12-16,18,25-26H,6-11H2,1-3H3. The summed E-state index contributed by atoms with van der Waals surface area (Å²) in [5, 5.41) is 7.24. The molecule has 7 nitrogen and oxygen atoms in total. The van der Waals surface area contributed by atoms with Gasteiger partial charge in [-0.15, -0.1) is 0 Å². The van der Waals surface area contributed by atoms with Gasteiger partial charge in [0.25, 0.3) is 5.56 Å². The molecule has 1 fully saturated rings. The summed E-state index contributed by atoms with van der Waals surface area (Å²) in [7, 11) is 3.62. The van der Waals surface area contributed by atoms with Gasteiger partial charge in [-0.2, -0.15) is 0 Å². The van der Waals surface area contributed by atoms with Gasteiger partial charge in [0, 0.05) is 36.6 Å². The number of ether oxygens (including phenoxy) is 1. The van der Waals surface area contributed by atoms with E-state index in [9.17, 15) is 4.79 Å². The number of fused-ring (bicyclic) bond motifs is 1. The van der Waals surface area contributed by atoms with Gasteiger partial charge in [-0.25, -0.2) is 4.98 Å². The summed E-state index contributed by atoms with van der Waals surface area (Å²) in [5.74, 6) is 0.820. The normalized spacial score (nSPS) is 14.7. The number of nitrogens with one attached hydrogen (secondary N) is 2. The Bertz CT molecular complexity index is 1100. The van der Waals surface area contributed by atoms with Crippen molar-refractivity contribution in [2.75, 3.05) is 45.2 Å². The van der Waals surface area contributed by atoms with Gasteiger partial charge in [-0.3, -0.25) is 9.36 Å². The van der Waals surface area contributed by atoms with Crippen LogP contribution in [0.15, 0.2) is 47.5 Å². The molecule has 1 aliphatic rings. The molecule has 1 aromatic heterocycles. The predicted octanol–water partition coefficient (Wildman–Crippen LogP) is 3.00. The van der Waals surface area contributed by atoms with E-state index in [1.165, 1.54) is 0 Å². The van der Waals surface area contributed by atoms with E-state index in [0.29, 0.717) is 5.39 Å². The fraction of sp³-hybridized carbons (Fsp3) is 0.417. The Balaban J connectivity index is 1.78. The van der Waals surface area contributed by atoms with Crippen molar-refractivity contribution in [3.63, 3.8) is 0 Å². The summed E-state index contributed by atoms with van der Waals surface area (Å²) in [5.41, 5.74) is 3.90. The summed E-state index contributed by atoms with van der Waals surface area (Å²) in [6.07, 6.45) is 3.61. The van der Waals surface area contributed by atoms with E-state index in [1.54, 1.807) is 13.4 Å². The number of aromatic nitrogens is 2. The second-order valence-corrected chi connectivity index (χ2v) is 8.10. The van der Waals surface area contributed by atoms with Gasteiger partial charge in [0.1, 0.15) is 5.75 Å². The first kappa shape index (κ1) is 21.3. The first-order valence-electron chi connectivity index (χ1n) is 10.9. The van der Waals surface area contributed by atoms with Gasteiger partial charge < -0.3 is 20.3 Å². The number of benzene rings is 2. The zero-order valence-corrected chi connectivity index (χ0v) is 18.5. The lowest BCUT2D eigenvalue weighted by Crippen LogP contribution is -2.34. The number of hydrogen-bond acceptors (Lipinski definition) is 6. The smallest absolute Gasteiger partial charge is 0.261 e. The molecule has 3 aromatic rings. The highest BCUT2D eigenvalue weighted by Crippen LogP contribution is 2.31. The number of nitrogens with zero attached hydrogens (tertiary/aromatic N) is 3. The maximum absolute atomic E-state index is 13.4. The summed E-state index contributed by atoms with van der Waals surface area (Å²) in [4.78, 5) is 20.2. The Morgan fingerprint density at radius 1 is 1.19 bits per heavy atom. The quantitative estimate of drug-likeness (QED) is 0.611. The van der Waals surface area contributed by atoms with Gasteiger partial charge >= 0.3 is 0 Å². The van der Waals surface area contributed by atoms with Crippen molar-refractivity contribution < 1.29 is 4.74 Å². The Morgan fingerprint density at radius 2 is 2.00 bits per heavy atom. The molecule has 0 bridgehead atoms. The van der Waals surface area contributed by atoms with Crippen LogP contribution in [0.1, 0.15) is 24.4 Å². The van der Waals surface area contributed by atoms with Crippen LogP contribution in [0, 0.1) is 6.92 Å². The molecule has 1 aliphatic heterocycles. The zero-order valence-electron chi connectivity index (χ0n) is 18.5. The van der Waals surface area contributed by atoms with Crippen LogP contribution in [0.25, 0.3) is 10.9 Å². The van der Waals surface area contributed by atoms with E-state index < -0.39 is 0 Å². The molecule has 2 N–H and O–H groups in total. The van der Waals surface area contributed by atoms with E-state index in [0.717, 1.165) is 67.2 Å². The fourth-order valence-corrected chi connectivity index (χ4v) is 4.27. The van der Waals surface area contributed by atoms with Crippen LogP contribution >= 0.6 is 0 Å². The fourth-order valence-electron chi connectivity index (χ4n) is 4.27. The van der Waals surface area contributed by atoms with Crippen LogP contribution in [0.4, 0.5) is 11.4 Å². The molecule has 0 radical (unpaired) electrons. The minimum atomic E-state index is 0.0362. The monoisotopic (exact) mass is 421 g/mol. The highest BCUT2D eigenvalue weighted by Gasteiger charge is 2.18. The van der Waals surface area contributed by atoms with E-state index in [1.807, 2.05) is 41.9 Å². The Kier molecular flexibility index (Phi) is 6.53. The number of methoxy groups -OCH3 is 1. The van der Waals surface area contributed by atoms with Crippen LogP contribution in [0.2, 0.25) is 0 Å². The molecule has 0 atom stereocenters. The Labute approximate surface area is 183 Å². The number of likely N-dealkylation sites (N-methyl/N-ethyl adjacent to an activating group) is 1. The molecule has 31 heavy (non-hydrogen) atoms. The van der Waals surface area contributed by atoms with Gasteiger partial charge in [0.15, 0.2) is 0 Å². The third kappa shape index (κ3) is 4.57. The van der Waals surface area contributed by atoms with Crippen molar-refractivity contribution >= 4 is 22.3 Å². The molecule has 0 saturated carbocycles. The maximum Gasteiger partial charge on any atom is 0.261 e. The van der Waals surface area contributed by atoms with Crippen molar-refractivity contribution in [1.29, 1.82) is 0 Å². The van der Waals surface area contributed by atoms with E-state index in [4.69, 9.17) is 4.74 Å². The Hall–Kier alpha value is -2.90. The highest BCUT2D eigenvalue weighted by molar-refractivity contribution is 5.83. The van der Waals surface area contributed by atoms with Crippen molar-refractivity contribution in [1.82, 2.24) is 20.2 Å². The number of rotatable bonds is 7. The lowest BCUT2D eigenvalue weighted by atomic mass is 10.1. The molecule has 0 amide bonds. The second kappa shape index (κ2) is 9.49. The predicted molar refractivity (Wildman–Crippen MR) is 126 cm³/mol. The van der Waals surface area contributed by atoms with Crippen LogP contribution in [0.3, 0.4) is 0 Å². The third-order valence-electron chi connectivity index (χ3n) is 5.95. The van der Waals surface area contributed by atoms with Crippen LogP contribution in [0.5, 0.6) is 5.75 Å². The topological polar surface area (TPSA) is 71.4 Å². The van der Waals surface area contributed by atoms with Gasteiger partial charge in [-0.1, -0.05) is 0 Å². The van der Waals surface area contributed by atoms with Crippen molar-refractivity contribution in [2.45, 2.75) is 25.8 Å². The number of anilines is 2. The van der Waals surface area contributed by atoms with Gasteiger partial charge in [0.2, 0.25) is 0 Å². The van der Waals surface area contributed by atoms with E-state index in [2.05, 4.69) is 33.5 Å². The highest BCUT2D eigenvalue weighted by atomic mass is 16.5. The lowest BCUT2D eigenvalue weighted by Gasteiger charge is -2.27. The maximum atomic E-state index is 13.4. The number of aryl methyl sites for hydroxylation is 1. The summed E-state index contributed by atoms with van der Waals surface area (Å²) < 4.78 is 7.31. The Morgan fingerprint density at radius 3 is 2.74 bits per heavy atom. The van der Waals surface area contributed by atoms with E-state index >= 15 is 0 Å². The number of hydrogen-bond donors (Lipinski definition) is 2. The molecule has 0 unspecified atom stereocenters. The molecule has 0 spiro atoms. The van der Waals surface area contributed by atoms with Crippen LogP contribution in [-0.4, -0.2) is 49.9 Å². The largest absolute Gasteiger partial charge is 0.497 e. The minimum Gasteiger partial charge on any atom is -0.497 e. The molecule has 164 valence electrons. The SMILES string of the molecule is CNCCN(c1cc(C)cc(OC)c1)c1ccc2ncn(C3CCNCC3)c(=O)c2c1. The first-order valence-corrected chi connectivity index (χ1v) is 10.9. The summed E-state index contributed by atoms with van der Waals surface area (Å²) >= 11 is 0. The van der Waals surface area contributed by atoms with Crippen LogP contribution < -0.4 is 25.8 Å². The molecule has 2 heterocycles. The van der Waals surface area contributed by atoms with Gasteiger partial charge in [0.05, 0.1) is 24.3 Å². The molecule has 7 heteroatoms. The molecule has 2 aromatic carbocycles. The first-order chi connectivity index (χ1) is 15.1. The van der Waals surface area contributed by atoms with Crippen molar-refractivity contribution in [3.05, 3.63) is 58.6 Å². The average Bonchev–Trinajstić information content (AvgIpc) is 2.80.